The van der Waals surface area contributed by atoms with Crippen LogP contribution in [-0.2, 0) is 6.42 Å². The van der Waals surface area contributed by atoms with E-state index in [2.05, 4.69) is 10.2 Å². The molecule has 0 aliphatic carbocycles. The molecule has 0 saturated heterocycles. The number of nitrogens with zero attached hydrogens (tertiary/aromatic N) is 1. The number of hydrogen-bond acceptors (Lipinski definition) is 2. The second kappa shape index (κ2) is 4.23. The summed E-state index contributed by atoms with van der Waals surface area (Å²) in [5.41, 5.74) is 2.49. The lowest BCUT2D eigenvalue weighted by molar-refractivity contribution is 0.298. The average Bonchev–Trinajstić information content (AvgIpc) is 2.68. The van der Waals surface area contributed by atoms with E-state index >= 15 is 0 Å². The van der Waals surface area contributed by atoms with Crippen molar-refractivity contribution in [2.45, 2.75) is 6.42 Å². The fraction of sp³-hybridized carbons (Fsp3) is 0.182. The van der Waals surface area contributed by atoms with Gasteiger partial charge < -0.3 is 5.11 Å². The van der Waals surface area contributed by atoms with Crippen molar-refractivity contribution in [1.82, 2.24) is 10.2 Å². The van der Waals surface area contributed by atoms with Gasteiger partial charge in [-0.1, -0.05) is 0 Å². The second-order valence-electron chi connectivity index (χ2n) is 3.26. The molecule has 0 bridgehead atoms. The summed E-state index contributed by atoms with van der Waals surface area (Å²) in [4.78, 5) is 0. The predicted octanol–water partition coefficient (Wildman–Crippen LogP) is 1.75. The van der Waals surface area contributed by atoms with Crippen LogP contribution < -0.4 is 0 Å². The van der Waals surface area contributed by atoms with Crippen LogP contribution in [0.2, 0.25) is 0 Å². The molecule has 0 spiro atoms. The van der Waals surface area contributed by atoms with Crippen molar-refractivity contribution in [2.24, 2.45) is 0 Å². The van der Waals surface area contributed by atoms with Gasteiger partial charge in [0, 0.05) is 24.3 Å². The van der Waals surface area contributed by atoms with Gasteiger partial charge in [0.15, 0.2) is 0 Å². The van der Waals surface area contributed by atoms with Crippen LogP contribution in [0, 0.1) is 5.82 Å². The number of aromatic amines is 1. The predicted molar refractivity (Wildman–Crippen MR) is 54.8 cm³/mol. The minimum atomic E-state index is -0.259. The zero-order valence-corrected chi connectivity index (χ0v) is 8.07. The first kappa shape index (κ1) is 9.86. The van der Waals surface area contributed by atoms with E-state index in [1.807, 2.05) is 6.07 Å². The first-order valence-electron chi connectivity index (χ1n) is 4.70. The summed E-state index contributed by atoms with van der Waals surface area (Å²) in [7, 11) is 0. The summed E-state index contributed by atoms with van der Waals surface area (Å²) in [5.74, 6) is -0.259. The molecule has 0 aliphatic rings. The van der Waals surface area contributed by atoms with Crippen LogP contribution in [0.1, 0.15) is 5.69 Å². The quantitative estimate of drug-likeness (QED) is 0.803. The number of H-pyrrole nitrogens is 1. The number of halogens is 1. The maximum atomic E-state index is 12.7. The number of aliphatic hydroxyl groups excluding tert-OH is 1. The van der Waals surface area contributed by atoms with Crippen LogP contribution in [0.5, 0.6) is 0 Å². The van der Waals surface area contributed by atoms with Gasteiger partial charge in [0.1, 0.15) is 5.82 Å². The van der Waals surface area contributed by atoms with Crippen molar-refractivity contribution in [3.63, 3.8) is 0 Å². The molecule has 2 aromatic rings. The number of hydrogen-bond donors (Lipinski definition) is 2. The summed E-state index contributed by atoms with van der Waals surface area (Å²) >= 11 is 0. The van der Waals surface area contributed by atoms with E-state index in [-0.39, 0.29) is 12.4 Å². The minimum Gasteiger partial charge on any atom is -0.396 e. The lowest BCUT2D eigenvalue weighted by atomic mass is 10.1. The van der Waals surface area contributed by atoms with E-state index < -0.39 is 0 Å². The average molecular weight is 206 g/mol. The highest BCUT2D eigenvalue weighted by Crippen LogP contribution is 2.17. The van der Waals surface area contributed by atoms with Crippen molar-refractivity contribution >= 4 is 0 Å². The van der Waals surface area contributed by atoms with Crippen LogP contribution in [-0.4, -0.2) is 21.9 Å². The molecule has 1 aromatic carbocycles. The first-order valence-corrected chi connectivity index (χ1v) is 4.70. The smallest absolute Gasteiger partial charge is 0.123 e. The number of aromatic nitrogens is 2. The molecule has 0 saturated carbocycles. The summed E-state index contributed by atoms with van der Waals surface area (Å²) in [6.45, 7) is 0.0883. The molecule has 0 aliphatic heterocycles. The Morgan fingerprint density at radius 1 is 1.27 bits per heavy atom. The van der Waals surface area contributed by atoms with Gasteiger partial charge in [0.2, 0.25) is 0 Å². The van der Waals surface area contributed by atoms with Gasteiger partial charge in [-0.15, -0.1) is 0 Å². The number of benzene rings is 1. The van der Waals surface area contributed by atoms with E-state index in [1.165, 1.54) is 12.1 Å². The highest BCUT2D eigenvalue weighted by molar-refractivity contribution is 5.58. The zero-order chi connectivity index (χ0) is 10.7. The Bertz CT molecular complexity index is 436. The highest BCUT2D eigenvalue weighted by Gasteiger charge is 2.03. The normalized spacial score (nSPS) is 10.5. The van der Waals surface area contributed by atoms with Gasteiger partial charge >= 0.3 is 0 Å². The molecule has 78 valence electrons. The molecule has 1 aromatic heterocycles. The lowest BCUT2D eigenvalue weighted by Crippen LogP contribution is -1.89. The highest BCUT2D eigenvalue weighted by atomic mass is 19.1. The molecule has 2 rings (SSSR count). The van der Waals surface area contributed by atoms with Gasteiger partial charge in [-0.3, -0.25) is 5.10 Å². The van der Waals surface area contributed by atoms with Crippen LogP contribution in [0.3, 0.4) is 0 Å². The van der Waals surface area contributed by atoms with Crippen molar-refractivity contribution in [1.29, 1.82) is 0 Å². The van der Waals surface area contributed by atoms with E-state index in [1.54, 1.807) is 12.1 Å². The Morgan fingerprint density at radius 2 is 2.00 bits per heavy atom. The Kier molecular flexibility index (Phi) is 2.78. The lowest BCUT2D eigenvalue weighted by Gasteiger charge is -1.94. The third-order valence-electron chi connectivity index (χ3n) is 2.15. The third-order valence-corrected chi connectivity index (χ3v) is 2.15. The van der Waals surface area contributed by atoms with Gasteiger partial charge in [-0.2, -0.15) is 5.10 Å². The van der Waals surface area contributed by atoms with Crippen molar-refractivity contribution in [3.8, 4) is 11.3 Å². The molecule has 2 N–H and O–H groups in total. The molecule has 15 heavy (non-hydrogen) atoms. The SMILES string of the molecule is OCCc1cc(-c2ccc(F)cc2)n[nH]1. The van der Waals surface area contributed by atoms with E-state index in [0.29, 0.717) is 6.42 Å². The molecule has 0 atom stereocenters. The largest absolute Gasteiger partial charge is 0.396 e. The maximum Gasteiger partial charge on any atom is 0.123 e. The second-order valence-corrected chi connectivity index (χ2v) is 3.26. The molecular weight excluding hydrogens is 195 g/mol. The van der Waals surface area contributed by atoms with Crippen LogP contribution in [0.15, 0.2) is 30.3 Å². The summed E-state index contributed by atoms with van der Waals surface area (Å²) < 4.78 is 12.7. The summed E-state index contributed by atoms with van der Waals surface area (Å²) in [6.07, 6.45) is 0.550. The van der Waals surface area contributed by atoms with E-state index in [9.17, 15) is 4.39 Å². The molecule has 3 nitrogen and oxygen atoms in total. The van der Waals surface area contributed by atoms with Crippen molar-refractivity contribution in [2.75, 3.05) is 6.61 Å². The Morgan fingerprint density at radius 3 is 2.67 bits per heavy atom. The topological polar surface area (TPSA) is 48.9 Å². The van der Waals surface area contributed by atoms with E-state index in [0.717, 1.165) is 17.0 Å². The standard InChI is InChI=1S/C11H11FN2O/c12-9-3-1-8(2-4-9)11-7-10(5-6-15)13-14-11/h1-4,7,15H,5-6H2,(H,13,14). The van der Waals surface area contributed by atoms with Gasteiger partial charge in [0.05, 0.1) is 5.69 Å². The molecular formula is C11H11FN2O. The minimum absolute atomic E-state index is 0.0883. The van der Waals surface area contributed by atoms with Crippen LogP contribution in [0.4, 0.5) is 4.39 Å². The van der Waals surface area contributed by atoms with Crippen LogP contribution >= 0.6 is 0 Å². The zero-order valence-electron chi connectivity index (χ0n) is 8.07. The van der Waals surface area contributed by atoms with Crippen molar-refractivity contribution in [3.05, 3.63) is 41.8 Å². The Hall–Kier alpha value is -1.68. The Balaban J connectivity index is 2.25. The van der Waals surface area contributed by atoms with Gasteiger partial charge in [-0.25, -0.2) is 4.39 Å². The van der Waals surface area contributed by atoms with E-state index in [4.69, 9.17) is 5.11 Å². The third kappa shape index (κ3) is 2.22. The molecule has 1 heterocycles. The fourth-order valence-electron chi connectivity index (χ4n) is 1.38. The van der Waals surface area contributed by atoms with Gasteiger partial charge in [0.25, 0.3) is 0 Å². The number of nitrogens with one attached hydrogen (secondary N) is 1. The first-order chi connectivity index (χ1) is 7.29. The molecule has 0 amide bonds. The molecule has 0 radical (unpaired) electrons. The number of aliphatic hydroxyl groups is 1. The van der Waals surface area contributed by atoms with Crippen molar-refractivity contribution < 1.29 is 9.50 Å². The van der Waals surface area contributed by atoms with Crippen LogP contribution in [0.25, 0.3) is 11.3 Å². The summed E-state index contributed by atoms with van der Waals surface area (Å²) in [6, 6.07) is 8.00. The summed E-state index contributed by atoms with van der Waals surface area (Å²) in [5, 5.41) is 15.6. The number of rotatable bonds is 3. The monoisotopic (exact) mass is 206 g/mol. The molecule has 4 heteroatoms. The van der Waals surface area contributed by atoms with Gasteiger partial charge in [-0.05, 0) is 30.3 Å². The fourth-order valence-corrected chi connectivity index (χ4v) is 1.38. The molecule has 0 unspecified atom stereocenters. The molecule has 0 fully saturated rings. The Labute approximate surface area is 86.6 Å². The maximum absolute atomic E-state index is 12.7.